The SMILES string of the molecule is CCNC1COCC1CN1CCS(=O)(=O)CC1. The lowest BCUT2D eigenvalue weighted by Gasteiger charge is -2.30. The number of ether oxygens (including phenoxy) is 1. The van der Waals surface area contributed by atoms with Gasteiger partial charge in [-0.3, -0.25) is 0 Å². The van der Waals surface area contributed by atoms with Gasteiger partial charge in [0.1, 0.15) is 0 Å². The molecule has 2 aliphatic rings. The molecule has 2 saturated heterocycles. The van der Waals surface area contributed by atoms with Crippen molar-refractivity contribution in [2.24, 2.45) is 5.92 Å². The highest BCUT2D eigenvalue weighted by molar-refractivity contribution is 7.91. The van der Waals surface area contributed by atoms with Crippen LogP contribution in [0.2, 0.25) is 0 Å². The second kappa shape index (κ2) is 5.65. The predicted octanol–water partition coefficient (Wildman–Crippen LogP) is -0.659. The second-order valence-electron chi connectivity index (χ2n) is 4.91. The number of nitrogens with one attached hydrogen (secondary N) is 1. The summed E-state index contributed by atoms with van der Waals surface area (Å²) in [5.41, 5.74) is 0. The summed E-state index contributed by atoms with van der Waals surface area (Å²) in [5.74, 6) is 1.12. The first kappa shape index (κ1) is 13.3. The molecular formula is C11H22N2O3S. The lowest BCUT2D eigenvalue weighted by molar-refractivity contribution is 0.169. The first-order valence-electron chi connectivity index (χ1n) is 6.34. The van der Waals surface area contributed by atoms with Crippen LogP contribution in [0, 0.1) is 5.92 Å². The highest BCUT2D eigenvalue weighted by Gasteiger charge is 2.31. The van der Waals surface area contributed by atoms with Gasteiger partial charge in [0, 0.05) is 31.6 Å². The van der Waals surface area contributed by atoms with E-state index in [1.54, 1.807) is 0 Å². The minimum Gasteiger partial charge on any atom is -0.379 e. The highest BCUT2D eigenvalue weighted by Crippen LogP contribution is 2.16. The van der Waals surface area contributed by atoms with E-state index >= 15 is 0 Å². The van der Waals surface area contributed by atoms with Gasteiger partial charge in [-0.15, -0.1) is 0 Å². The van der Waals surface area contributed by atoms with Crippen LogP contribution >= 0.6 is 0 Å². The summed E-state index contributed by atoms with van der Waals surface area (Å²) in [6, 6.07) is 0.429. The van der Waals surface area contributed by atoms with E-state index < -0.39 is 9.84 Å². The molecular weight excluding hydrogens is 240 g/mol. The lowest BCUT2D eigenvalue weighted by Crippen LogP contribution is -2.46. The van der Waals surface area contributed by atoms with Gasteiger partial charge in [0.25, 0.3) is 0 Å². The van der Waals surface area contributed by atoms with Gasteiger partial charge in [-0.1, -0.05) is 6.92 Å². The Labute approximate surface area is 103 Å². The molecule has 2 atom stereocenters. The zero-order valence-corrected chi connectivity index (χ0v) is 11.2. The Bertz CT molecular complexity index is 331. The first-order chi connectivity index (χ1) is 8.11. The molecule has 2 rings (SSSR count). The summed E-state index contributed by atoms with van der Waals surface area (Å²) in [6.45, 7) is 6.94. The molecule has 17 heavy (non-hydrogen) atoms. The van der Waals surface area contributed by atoms with Crippen molar-refractivity contribution in [3.8, 4) is 0 Å². The minimum atomic E-state index is -2.76. The standard InChI is InChI=1S/C11H22N2O3S/c1-2-12-11-9-16-8-10(11)7-13-3-5-17(14,15)6-4-13/h10-12H,2-9H2,1H3. The molecule has 2 heterocycles. The third kappa shape index (κ3) is 3.64. The number of nitrogens with zero attached hydrogens (tertiary/aromatic N) is 1. The first-order valence-corrected chi connectivity index (χ1v) is 8.17. The average molecular weight is 262 g/mol. The zero-order valence-electron chi connectivity index (χ0n) is 10.4. The fourth-order valence-electron chi connectivity index (χ4n) is 2.53. The fourth-order valence-corrected chi connectivity index (χ4v) is 3.81. The van der Waals surface area contributed by atoms with Crippen molar-refractivity contribution in [1.82, 2.24) is 10.2 Å². The van der Waals surface area contributed by atoms with Crippen molar-refractivity contribution in [2.75, 3.05) is 50.9 Å². The average Bonchev–Trinajstić information content (AvgIpc) is 2.70. The normalized spacial score (nSPS) is 33.9. The quantitative estimate of drug-likeness (QED) is 0.729. The van der Waals surface area contributed by atoms with E-state index in [0.717, 1.165) is 26.3 Å². The van der Waals surface area contributed by atoms with Gasteiger partial charge in [0.05, 0.1) is 24.7 Å². The molecule has 5 nitrogen and oxygen atoms in total. The van der Waals surface area contributed by atoms with Gasteiger partial charge < -0.3 is 15.0 Å². The third-order valence-electron chi connectivity index (χ3n) is 3.59. The number of rotatable bonds is 4. The maximum atomic E-state index is 11.3. The van der Waals surface area contributed by atoms with Gasteiger partial charge in [-0.2, -0.15) is 0 Å². The zero-order chi connectivity index (χ0) is 12.3. The summed E-state index contributed by atoms with van der Waals surface area (Å²) in [4.78, 5) is 2.25. The Balaban J connectivity index is 1.81. The van der Waals surface area contributed by atoms with E-state index in [1.165, 1.54) is 0 Å². The van der Waals surface area contributed by atoms with Crippen LogP contribution in [0.1, 0.15) is 6.92 Å². The molecule has 0 bridgehead atoms. The molecule has 6 heteroatoms. The Morgan fingerprint density at radius 1 is 1.29 bits per heavy atom. The lowest BCUT2D eigenvalue weighted by atomic mass is 10.0. The Morgan fingerprint density at radius 3 is 2.65 bits per heavy atom. The summed E-state index contributed by atoms with van der Waals surface area (Å²) >= 11 is 0. The minimum absolute atomic E-state index is 0.312. The number of likely N-dealkylation sites (N-methyl/N-ethyl adjacent to an activating group) is 1. The van der Waals surface area contributed by atoms with E-state index in [1.807, 2.05) is 0 Å². The topological polar surface area (TPSA) is 58.6 Å². The molecule has 2 fully saturated rings. The molecule has 2 aliphatic heterocycles. The third-order valence-corrected chi connectivity index (χ3v) is 5.20. The molecule has 100 valence electrons. The maximum absolute atomic E-state index is 11.3. The summed E-state index contributed by atoms with van der Waals surface area (Å²) < 4.78 is 28.2. The summed E-state index contributed by atoms with van der Waals surface area (Å²) in [6.07, 6.45) is 0. The summed E-state index contributed by atoms with van der Waals surface area (Å²) in [7, 11) is -2.76. The van der Waals surface area contributed by atoms with E-state index in [0.29, 0.717) is 36.6 Å². The molecule has 0 aromatic carbocycles. The van der Waals surface area contributed by atoms with E-state index in [-0.39, 0.29) is 0 Å². The molecule has 0 amide bonds. The number of sulfone groups is 1. The van der Waals surface area contributed by atoms with Gasteiger partial charge in [-0.25, -0.2) is 8.42 Å². The Morgan fingerprint density at radius 2 is 2.00 bits per heavy atom. The van der Waals surface area contributed by atoms with Crippen LogP contribution in [0.5, 0.6) is 0 Å². The predicted molar refractivity (Wildman–Crippen MR) is 66.9 cm³/mol. The van der Waals surface area contributed by atoms with Gasteiger partial charge in [-0.05, 0) is 6.54 Å². The van der Waals surface area contributed by atoms with Crippen LogP contribution in [-0.2, 0) is 14.6 Å². The van der Waals surface area contributed by atoms with E-state index in [9.17, 15) is 8.42 Å². The van der Waals surface area contributed by atoms with Crippen molar-refractivity contribution in [3.63, 3.8) is 0 Å². The van der Waals surface area contributed by atoms with Crippen LogP contribution in [0.4, 0.5) is 0 Å². The van der Waals surface area contributed by atoms with Crippen molar-refractivity contribution in [1.29, 1.82) is 0 Å². The number of hydrogen-bond acceptors (Lipinski definition) is 5. The molecule has 0 spiro atoms. The molecule has 1 N–H and O–H groups in total. The molecule has 0 aromatic heterocycles. The largest absolute Gasteiger partial charge is 0.379 e. The second-order valence-corrected chi connectivity index (χ2v) is 7.22. The van der Waals surface area contributed by atoms with Gasteiger partial charge in [0.15, 0.2) is 9.84 Å². The van der Waals surface area contributed by atoms with Gasteiger partial charge in [0.2, 0.25) is 0 Å². The van der Waals surface area contributed by atoms with Crippen LogP contribution in [-0.4, -0.2) is 70.3 Å². The van der Waals surface area contributed by atoms with Crippen molar-refractivity contribution >= 4 is 9.84 Å². The number of hydrogen-bond donors (Lipinski definition) is 1. The molecule has 0 radical (unpaired) electrons. The monoisotopic (exact) mass is 262 g/mol. The van der Waals surface area contributed by atoms with Crippen LogP contribution in [0.25, 0.3) is 0 Å². The van der Waals surface area contributed by atoms with Crippen molar-refractivity contribution in [2.45, 2.75) is 13.0 Å². The molecule has 0 saturated carbocycles. The smallest absolute Gasteiger partial charge is 0.152 e. The van der Waals surface area contributed by atoms with Crippen LogP contribution < -0.4 is 5.32 Å². The van der Waals surface area contributed by atoms with Gasteiger partial charge >= 0.3 is 0 Å². The molecule has 2 unspecified atom stereocenters. The Kier molecular flexibility index (Phi) is 4.41. The molecule has 0 aromatic rings. The molecule has 0 aliphatic carbocycles. The summed E-state index contributed by atoms with van der Waals surface area (Å²) in [5, 5.41) is 3.43. The highest BCUT2D eigenvalue weighted by atomic mass is 32.2. The van der Waals surface area contributed by atoms with Crippen molar-refractivity contribution in [3.05, 3.63) is 0 Å². The van der Waals surface area contributed by atoms with E-state index in [2.05, 4.69) is 17.1 Å². The fraction of sp³-hybridized carbons (Fsp3) is 1.00. The van der Waals surface area contributed by atoms with Crippen LogP contribution in [0.3, 0.4) is 0 Å². The Hall–Kier alpha value is -0.170. The van der Waals surface area contributed by atoms with Crippen LogP contribution in [0.15, 0.2) is 0 Å². The maximum Gasteiger partial charge on any atom is 0.152 e. The van der Waals surface area contributed by atoms with Crippen molar-refractivity contribution < 1.29 is 13.2 Å². The van der Waals surface area contributed by atoms with E-state index in [4.69, 9.17) is 4.74 Å².